The molecule has 0 aromatic carbocycles. The van der Waals surface area contributed by atoms with Gasteiger partial charge in [-0.3, -0.25) is 4.79 Å². The molecule has 3 rings (SSSR count). The van der Waals surface area contributed by atoms with E-state index in [0.717, 1.165) is 37.3 Å². The number of hydrogen-bond donors (Lipinski definition) is 1. The number of carboxylic acids is 1. The summed E-state index contributed by atoms with van der Waals surface area (Å²) in [4.78, 5) is 15.7. The predicted molar refractivity (Wildman–Crippen MR) is 71.0 cm³/mol. The predicted octanol–water partition coefficient (Wildman–Crippen LogP) is 2.28. The maximum Gasteiger partial charge on any atom is 0.312 e. The lowest BCUT2D eigenvalue weighted by Gasteiger charge is -2.22. The minimum Gasteiger partial charge on any atom is -0.481 e. The third kappa shape index (κ3) is 2.16. The quantitative estimate of drug-likeness (QED) is 0.912. The zero-order valence-corrected chi connectivity index (χ0v) is 11.2. The van der Waals surface area contributed by atoms with Crippen LogP contribution in [0.15, 0.2) is 6.20 Å². The number of imidazole rings is 1. The van der Waals surface area contributed by atoms with E-state index in [-0.39, 0.29) is 5.92 Å². The molecule has 0 bridgehead atoms. The van der Waals surface area contributed by atoms with Crippen LogP contribution in [0.2, 0.25) is 0 Å². The molecular formula is C13H18N2O2S. The van der Waals surface area contributed by atoms with Crippen molar-refractivity contribution in [1.82, 2.24) is 9.55 Å². The molecule has 0 amide bonds. The molecule has 0 saturated carbocycles. The second-order valence-corrected chi connectivity index (χ2v) is 6.53. The molecule has 4 nitrogen and oxygen atoms in total. The van der Waals surface area contributed by atoms with E-state index in [1.54, 1.807) is 6.20 Å². The summed E-state index contributed by atoms with van der Waals surface area (Å²) < 4.78 is 2.15. The lowest BCUT2D eigenvalue weighted by atomic mass is 9.96. The van der Waals surface area contributed by atoms with Crippen molar-refractivity contribution in [3.8, 4) is 0 Å². The summed E-state index contributed by atoms with van der Waals surface area (Å²) >= 11 is 2.03. The van der Waals surface area contributed by atoms with E-state index in [9.17, 15) is 9.90 Å². The summed E-state index contributed by atoms with van der Waals surface area (Å²) in [6.45, 7) is 0.936. The fourth-order valence-corrected chi connectivity index (χ4v) is 4.26. The molecule has 0 spiro atoms. The molecule has 2 atom stereocenters. The molecule has 1 aromatic rings. The fraction of sp³-hybridized carbons (Fsp3) is 0.692. The molecule has 5 heteroatoms. The van der Waals surface area contributed by atoms with Gasteiger partial charge in [-0.15, -0.1) is 0 Å². The second kappa shape index (κ2) is 4.96. The van der Waals surface area contributed by atoms with E-state index in [1.807, 2.05) is 11.8 Å². The molecule has 1 fully saturated rings. The topological polar surface area (TPSA) is 55.1 Å². The first-order chi connectivity index (χ1) is 8.75. The third-order valence-corrected chi connectivity index (χ3v) is 5.33. The molecule has 1 aromatic heterocycles. The number of thioether (sulfide) groups is 1. The van der Waals surface area contributed by atoms with Gasteiger partial charge < -0.3 is 9.67 Å². The first-order valence-corrected chi connectivity index (χ1v) is 7.69. The van der Waals surface area contributed by atoms with Crippen LogP contribution in [0.1, 0.15) is 43.1 Å². The molecule has 3 heterocycles. The molecule has 98 valence electrons. The monoisotopic (exact) mass is 266 g/mol. The van der Waals surface area contributed by atoms with Crippen molar-refractivity contribution < 1.29 is 9.90 Å². The Kier molecular flexibility index (Phi) is 3.33. The van der Waals surface area contributed by atoms with Crippen LogP contribution < -0.4 is 0 Å². The molecular weight excluding hydrogens is 248 g/mol. The largest absolute Gasteiger partial charge is 0.481 e. The number of carboxylic acid groups (broad SMARTS) is 1. The fourth-order valence-electron chi connectivity index (χ4n) is 2.99. The highest BCUT2D eigenvalue weighted by Crippen LogP contribution is 2.32. The molecule has 1 saturated heterocycles. The number of carbonyl (C=O) groups is 1. The number of hydrogen-bond acceptors (Lipinski definition) is 3. The van der Waals surface area contributed by atoms with Gasteiger partial charge in [-0.25, -0.2) is 4.98 Å². The van der Waals surface area contributed by atoms with Crippen LogP contribution in [0.5, 0.6) is 0 Å². The highest BCUT2D eigenvalue weighted by molar-refractivity contribution is 8.00. The van der Waals surface area contributed by atoms with Gasteiger partial charge >= 0.3 is 5.97 Å². The van der Waals surface area contributed by atoms with Crippen molar-refractivity contribution in [3.63, 3.8) is 0 Å². The van der Waals surface area contributed by atoms with Crippen LogP contribution in [0.3, 0.4) is 0 Å². The van der Waals surface area contributed by atoms with Gasteiger partial charge in [0.15, 0.2) is 0 Å². The van der Waals surface area contributed by atoms with Crippen molar-refractivity contribution in [2.24, 2.45) is 0 Å². The number of fused-ring (bicyclic) bond motifs is 1. The van der Waals surface area contributed by atoms with E-state index < -0.39 is 5.97 Å². The van der Waals surface area contributed by atoms with Gasteiger partial charge in [0.05, 0.1) is 11.6 Å². The summed E-state index contributed by atoms with van der Waals surface area (Å²) in [5.74, 6) is 1.29. The Labute approximate surface area is 111 Å². The summed E-state index contributed by atoms with van der Waals surface area (Å²) in [5, 5.41) is 9.92. The van der Waals surface area contributed by atoms with Gasteiger partial charge in [0, 0.05) is 24.4 Å². The van der Waals surface area contributed by atoms with Crippen LogP contribution in [0.4, 0.5) is 0 Å². The minimum atomic E-state index is -0.711. The highest BCUT2D eigenvalue weighted by atomic mass is 32.2. The van der Waals surface area contributed by atoms with Crippen molar-refractivity contribution in [3.05, 3.63) is 17.7 Å². The average Bonchev–Trinajstić information content (AvgIpc) is 2.99. The molecule has 2 aliphatic rings. The van der Waals surface area contributed by atoms with Crippen molar-refractivity contribution in [2.75, 3.05) is 5.75 Å². The normalized spacial score (nSPS) is 27.1. The van der Waals surface area contributed by atoms with Crippen LogP contribution in [-0.2, 0) is 17.8 Å². The Bertz CT molecular complexity index is 452. The molecule has 18 heavy (non-hydrogen) atoms. The van der Waals surface area contributed by atoms with Gasteiger partial charge in [0.25, 0.3) is 0 Å². The highest BCUT2D eigenvalue weighted by Gasteiger charge is 2.29. The van der Waals surface area contributed by atoms with E-state index in [2.05, 4.69) is 9.55 Å². The molecule has 0 aliphatic carbocycles. The van der Waals surface area contributed by atoms with Crippen molar-refractivity contribution in [2.45, 2.75) is 49.8 Å². The summed E-state index contributed by atoms with van der Waals surface area (Å²) in [6, 6.07) is 0. The van der Waals surface area contributed by atoms with E-state index in [0.29, 0.717) is 5.25 Å². The smallest absolute Gasteiger partial charge is 0.312 e. The van der Waals surface area contributed by atoms with Crippen LogP contribution in [-0.4, -0.2) is 31.6 Å². The van der Waals surface area contributed by atoms with Gasteiger partial charge in [-0.1, -0.05) is 0 Å². The average molecular weight is 266 g/mol. The van der Waals surface area contributed by atoms with E-state index >= 15 is 0 Å². The van der Waals surface area contributed by atoms with Crippen LogP contribution in [0, 0.1) is 0 Å². The Morgan fingerprint density at radius 2 is 2.39 bits per heavy atom. The van der Waals surface area contributed by atoms with Gasteiger partial charge in [0.1, 0.15) is 5.82 Å². The minimum absolute atomic E-state index is 0.351. The molecule has 2 unspecified atom stereocenters. The zero-order valence-electron chi connectivity index (χ0n) is 10.3. The third-order valence-electron chi connectivity index (χ3n) is 3.93. The Balaban J connectivity index is 1.82. The summed E-state index contributed by atoms with van der Waals surface area (Å²) in [6.07, 6.45) is 7.06. The van der Waals surface area contributed by atoms with Crippen molar-refractivity contribution in [1.29, 1.82) is 0 Å². The lowest BCUT2D eigenvalue weighted by molar-refractivity contribution is -0.139. The van der Waals surface area contributed by atoms with Crippen LogP contribution >= 0.6 is 11.8 Å². The molecule has 0 radical (unpaired) electrons. The zero-order chi connectivity index (χ0) is 12.5. The maximum atomic E-state index is 11.2. The SMILES string of the molecule is O=C(O)C1CCCn2c1cnc2CC1CCCS1. The first-order valence-electron chi connectivity index (χ1n) is 6.64. The van der Waals surface area contributed by atoms with Gasteiger partial charge in [-0.05, 0) is 31.4 Å². The Hall–Kier alpha value is -0.970. The number of aliphatic carboxylic acids is 1. The summed E-state index contributed by atoms with van der Waals surface area (Å²) in [5.41, 5.74) is 0.909. The Morgan fingerprint density at radius 3 is 3.11 bits per heavy atom. The number of nitrogens with zero attached hydrogens (tertiary/aromatic N) is 2. The lowest BCUT2D eigenvalue weighted by Crippen LogP contribution is -2.23. The molecule has 1 N–H and O–H groups in total. The van der Waals surface area contributed by atoms with E-state index in [4.69, 9.17) is 0 Å². The van der Waals surface area contributed by atoms with Crippen LogP contribution in [0.25, 0.3) is 0 Å². The Morgan fingerprint density at radius 1 is 1.50 bits per heavy atom. The van der Waals surface area contributed by atoms with Gasteiger partial charge in [0.2, 0.25) is 0 Å². The van der Waals surface area contributed by atoms with E-state index in [1.165, 1.54) is 18.6 Å². The standard InChI is InChI=1S/C13H18N2O2S/c16-13(17)10-4-1-5-15-11(10)8-14-12(15)7-9-3-2-6-18-9/h8-10H,1-7H2,(H,16,17). The summed E-state index contributed by atoms with van der Waals surface area (Å²) in [7, 11) is 0. The number of rotatable bonds is 3. The maximum absolute atomic E-state index is 11.2. The first kappa shape index (κ1) is 12.1. The number of aromatic nitrogens is 2. The molecule has 2 aliphatic heterocycles. The van der Waals surface area contributed by atoms with Gasteiger partial charge in [-0.2, -0.15) is 11.8 Å². The van der Waals surface area contributed by atoms with Crippen molar-refractivity contribution >= 4 is 17.7 Å². The second-order valence-electron chi connectivity index (χ2n) is 5.12.